The molecule has 6 nitrogen and oxygen atoms in total. The number of nitrogens with one attached hydrogen (secondary N) is 2. The van der Waals surface area contributed by atoms with Gasteiger partial charge in [0.1, 0.15) is 11.6 Å². The number of nitrogens with zero attached hydrogens (tertiary/aromatic N) is 3. The third kappa shape index (κ3) is 7.41. The number of aromatic nitrogens is 2. The summed E-state index contributed by atoms with van der Waals surface area (Å²) in [7, 11) is 3.90. The lowest BCUT2D eigenvalue weighted by Gasteiger charge is -2.14. The minimum atomic E-state index is -4.77. The first-order chi connectivity index (χ1) is 14.7. The number of halogens is 4. The average Bonchev–Trinajstić information content (AvgIpc) is 2.66. The predicted octanol–water partition coefficient (Wildman–Crippen LogP) is 5.52. The van der Waals surface area contributed by atoms with Gasteiger partial charge in [-0.25, -0.2) is 4.98 Å². The molecular weight excluding hydrogens is 475 g/mol. The van der Waals surface area contributed by atoms with Crippen molar-refractivity contribution in [1.29, 1.82) is 0 Å². The van der Waals surface area contributed by atoms with E-state index < -0.39 is 6.36 Å². The Kier molecular flexibility index (Phi) is 7.34. The molecule has 0 amide bonds. The molecule has 0 saturated heterocycles. The molecule has 0 atom stereocenters. The quantitative estimate of drug-likeness (QED) is 0.428. The van der Waals surface area contributed by atoms with Crippen molar-refractivity contribution in [2.75, 3.05) is 37.8 Å². The molecule has 0 spiro atoms. The van der Waals surface area contributed by atoms with Crippen molar-refractivity contribution in [2.45, 2.75) is 6.36 Å². The highest BCUT2D eigenvalue weighted by Crippen LogP contribution is 2.29. The molecule has 31 heavy (non-hydrogen) atoms. The average molecular weight is 496 g/mol. The van der Waals surface area contributed by atoms with Crippen LogP contribution in [0, 0.1) is 0 Å². The van der Waals surface area contributed by atoms with E-state index in [2.05, 4.69) is 41.3 Å². The monoisotopic (exact) mass is 495 g/mol. The number of benzene rings is 2. The van der Waals surface area contributed by atoms with Gasteiger partial charge < -0.3 is 20.3 Å². The van der Waals surface area contributed by atoms with Crippen molar-refractivity contribution in [3.05, 3.63) is 59.1 Å². The topological polar surface area (TPSA) is 62.3 Å². The summed E-state index contributed by atoms with van der Waals surface area (Å²) in [5.41, 5.74) is 1.72. The van der Waals surface area contributed by atoms with Crippen LogP contribution in [0.2, 0.25) is 0 Å². The van der Waals surface area contributed by atoms with Crippen molar-refractivity contribution in [2.24, 2.45) is 0 Å². The van der Waals surface area contributed by atoms with Gasteiger partial charge in [0.05, 0.1) is 5.69 Å². The molecule has 2 N–H and O–H groups in total. The van der Waals surface area contributed by atoms with Gasteiger partial charge in [-0.15, -0.1) is 13.2 Å². The van der Waals surface area contributed by atoms with E-state index in [1.807, 2.05) is 43.3 Å². The maximum absolute atomic E-state index is 12.6. The number of likely N-dealkylation sites (N-methyl/N-ethyl adjacent to an activating group) is 1. The van der Waals surface area contributed by atoms with E-state index in [1.54, 1.807) is 12.1 Å². The van der Waals surface area contributed by atoms with Crippen LogP contribution in [0.15, 0.2) is 59.1 Å². The Labute approximate surface area is 186 Å². The lowest BCUT2D eigenvalue weighted by atomic mass is 10.1. The lowest BCUT2D eigenvalue weighted by Crippen LogP contribution is -2.21. The fourth-order valence-electron chi connectivity index (χ4n) is 2.70. The van der Waals surface area contributed by atoms with E-state index >= 15 is 0 Å². The lowest BCUT2D eigenvalue weighted by molar-refractivity contribution is -0.274. The second-order valence-corrected chi connectivity index (χ2v) is 7.82. The van der Waals surface area contributed by atoms with Gasteiger partial charge in [0, 0.05) is 34.9 Å². The van der Waals surface area contributed by atoms with Crippen molar-refractivity contribution in [3.8, 4) is 17.0 Å². The summed E-state index contributed by atoms with van der Waals surface area (Å²) in [6, 6.07) is 14.9. The van der Waals surface area contributed by atoms with E-state index in [0.29, 0.717) is 29.6 Å². The summed E-state index contributed by atoms with van der Waals surface area (Å²) < 4.78 is 42.8. The maximum Gasteiger partial charge on any atom is 0.573 e. The summed E-state index contributed by atoms with van der Waals surface area (Å²) >= 11 is 3.43. The Morgan fingerprint density at radius 1 is 1.03 bits per heavy atom. The van der Waals surface area contributed by atoms with Crippen LogP contribution in [0.4, 0.5) is 30.6 Å². The fourth-order valence-corrected chi connectivity index (χ4v) is 3.10. The molecule has 0 aliphatic rings. The van der Waals surface area contributed by atoms with Crippen molar-refractivity contribution in [1.82, 2.24) is 14.9 Å². The van der Waals surface area contributed by atoms with Gasteiger partial charge in [-0.1, -0.05) is 34.1 Å². The van der Waals surface area contributed by atoms with E-state index in [1.165, 1.54) is 18.2 Å². The van der Waals surface area contributed by atoms with E-state index in [4.69, 9.17) is 0 Å². The number of hydrogen-bond donors (Lipinski definition) is 2. The molecule has 0 saturated carbocycles. The summed E-state index contributed by atoms with van der Waals surface area (Å²) in [4.78, 5) is 11.0. The highest BCUT2D eigenvalue weighted by Gasteiger charge is 2.31. The van der Waals surface area contributed by atoms with Crippen molar-refractivity contribution in [3.63, 3.8) is 0 Å². The molecule has 0 bridgehead atoms. The standard InChI is InChI=1S/C21H21BrF3N5O/c1-30(2)10-9-26-20-28-18(14-5-3-8-17(11-14)31-21(23,24)25)13-19(29-20)27-16-7-4-6-15(22)12-16/h3-8,11-13H,9-10H2,1-2H3,(H2,26,27,28,29). The number of hydrogen-bond acceptors (Lipinski definition) is 6. The largest absolute Gasteiger partial charge is 0.573 e. The molecular formula is C21H21BrF3N5O. The SMILES string of the molecule is CN(C)CCNc1nc(Nc2cccc(Br)c2)cc(-c2cccc(OC(F)(F)F)c2)n1. The third-order valence-corrected chi connectivity index (χ3v) is 4.52. The second kappa shape index (κ2) is 9.97. The molecule has 0 unspecified atom stereocenters. The predicted molar refractivity (Wildman–Crippen MR) is 119 cm³/mol. The van der Waals surface area contributed by atoms with Crippen LogP contribution in [0.5, 0.6) is 5.75 Å². The van der Waals surface area contributed by atoms with Crippen LogP contribution in [0.25, 0.3) is 11.3 Å². The van der Waals surface area contributed by atoms with Gasteiger partial charge in [-0.2, -0.15) is 4.98 Å². The van der Waals surface area contributed by atoms with Crippen LogP contribution >= 0.6 is 15.9 Å². The first-order valence-electron chi connectivity index (χ1n) is 9.34. The zero-order chi connectivity index (χ0) is 22.4. The Morgan fingerprint density at radius 2 is 1.81 bits per heavy atom. The Hall–Kier alpha value is -2.85. The third-order valence-electron chi connectivity index (χ3n) is 4.03. The Morgan fingerprint density at radius 3 is 2.52 bits per heavy atom. The minimum absolute atomic E-state index is 0.313. The number of ether oxygens (including phenoxy) is 1. The smallest absolute Gasteiger partial charge is 0.406 e. The fraction of sp³-hybridized carbons (Fsp3) is 0.238. The van der Waals surface area contributed by atoms with Crippen molar-refractivity contribution >= 4 is 33.4 Å². The van der Waals surface area contributed by atoms with Gasteiger partial charge in [-0.05, 0) is 44.4 Å². The first-order valence-corrected chi connectivity index (χ1v) is 10.1. The van der Waals surface area contributed by atoms with Gasteiger partial charge in [0.25, 0.3) is 0 Å². The molecule has 0 aliphatic heterocycles. The normalized spacial score (nSPS) is 11.5. The van der Waals surface area contributed by atoms with Crippen molar-refractivity contribution < 1.29 is 17.9 Å². The zero-order valence-electron chi connectivity index (χ0n) is 16.9. The summed E-state index contributed by atoms with van der Waals surface area (Å²) in [5.74, 6) is 0.545. The molecule has 3 rings (SSSR count). The molecule has 3 aromatic rings. The Bertz CT molecular complexity index is 1030. The van der Waals surface area contributed by atoms with Crippen LogP contribution in [0.3, 0.4) is 0 Å². The molecule has 1 aromatic heterocycles. The molecule has 0 aliphatic carbocycles. The van der Waals surface area contributed by atoms with Crippen LogP contribution in [-0.4, -0.2) is 48.4 Å². The van der Waals surface area contributed by atoms with Crippen LogP contribution in [0.1, 0.15) is 0 Å². The number of rotatable bonds is 8. The zero-order valence-corrected chi connectivity index (χ0v) is 18.5. The summed E-state index contributed by atoms with van der Waals surface area (Å²) in [6.45, 7) is 1.36. The van der Waals surface area contributed by atoms with Crippen LogP contribution in [-0.2, 0) is 0 Å². The molecule has 0 radical (unpaired) electrons. The molecule has 0 fully saturated rings. The van der Waals surface area contributed by atoms with Gasteiger partial charge in [-0.3, -0.25) is 0 Å². The summed E-state index contributed by atoms with van der Waals surface area (Å²) in [5, 5.41) is 6.36. The van der Waals surface area contributed by atoms with Gasteiger partial charge in [0.2, 0.25) is 5.95 Å². The van der Waals surface area contributed by atoms with E-state index in [-0.39, 0.29) is 5.75 Å². The molecule has 2 aromatic carbocycles. The Balaban J connectivity index is 1.93. The van der Waals surface area contributed by atoms with E-state index in [0.717, 1.165) is 16.7 Å². The molecule has 1 heterocycles. The maximum atomic E-state index is 12.6. The molecule has 10 heteroatoms. The second-order valence-electron chi connectivity index (χ2n) is 6.90. The molecule has 164 valence electrons. The minimum Gasteiger partial charge on any atom is -0.406 e. The van der Waals surface area contributed by atoms with Gasteiger partial charge >= 0.3 is 6.36 Å². The van der Waals surface area contributed by atoms with E-state index in [9.17, 15) is 13.2 Å². The first kappa shape index (κ1) is 22.8. The number of alkyl halides is 3. The highest BCUT2D eigenvalue weighted by molar-refractivity contribution is 9.10. The summed E-state index contributed by atoms with van der Waals surface area (Å²) in [6.07, 6.45) is -4.77. The highest BCUT2D eigenvalue weighted by atomic mass is 79.9. The van der Waals surface area contributed by atoms with Gasteiger partial charge in [0.15, 0.2) is 0 Å². The number of anilines is 3. The van der Waals surface area contributed by atoms with Crippen LogP contribution < -0.4 is 15.4 Å².